The second-order valence-electron chi connectivity index (χ2n) is 6.99. The summed E-state index contributed by atoms with van der Waals surface area (Å²) in [4.78, 5) is 26.9. The molecule has 3 rings (SSSR count). The van der Waals surface area contributed by atoms with E-state index in [9.17, 15) is 9.59 Å². The maximum atomic E-state index is 12.7. The van der Waals surface area contributed by atoms with Gasteiger partial charge in [-0.3, -0.25) is 9.59 Å². The molecule has 0 spiro atoms. The van der Waals surface area contributed by atoms with Gasteiger partial charge in [0, 0.05) is 23.7 Å². The van der Waals surface area contributed by atoms with Crippen LogP contribution in [0.5, 0.6) is 5.75 Å². The Kier molecular flexibility index (Phi) is 5.71. The van der Waals surface area contributed by atoms with Crippen LogP contribution >= 0.6 is 11.6 Å². The molecule has 1 atom stereocenters. The van der Waals surface area contributed by atoms with Gasteiger partial charge in [-0.15, -0.1) is 0 Å². The topological polar surface area (TPSA) is 58.6 Å². The number of halogens is 1. The molecule has 2 amide bonds. The molecule has 1 heterocycles. The molecule has 1 aliphatic heterocycles. The van der Waals surface area contributed by atoms with Crippen LogP contribution in [0.4, 0.5) is 11.4 Å². The van der Waals surface area contributed by atoms with Crippen molar-refractivity contribution in [2.24, 2.45) is 5.92 Å². The number of anilines is 2. The Balaban J connectivity index is 1.76. The van der Waals surface area contributed by atoms with Crippen LogP contribution in [0.1, 0.15) is 25.8 Å². The number of hydrogen-bond donors (Lipinski definition) is 1. The minimum absolute atomic E-state index is 0.00578. The van der Waals surface area contributed by atoms with Gasteiger partial charge in [-0.05, 0) is 50.6 Å². The van der Waals surface area contributed by atoms with Crippen molar-refractivity contribution in [2.45, 2.75) is 33.3 Å². The summed E-state index contributed by atoms with van der Waals surface area (Å²) in [6.45, 7) is 6.10. The summed E-state index contributed by atoms with van der Waals surface area (Å²) in [7, 11) is 0. The van der Waals surface area contributed by atoms with E-state index in [1.807, 2.05) is 51.1 Å². The molecule has 6 heteroatoms. The van der Waals surface area contributed by atoms with Gasteiger partial charge >= 0.3 is 0 Å². The number of benzene rings is 2. The van der Waals surface area contributed by atoms with Crippen molar-refractivity contribution < 1.29 is 14.3 Å². The van der Waals surface area contributed by atoms with E-state index in [1.165, 1.54) is 0 Å². The molecular weight excluding hydrogens is 364 g/mol. The van der Waals surface area contributed by atoms with Crippen molar-refractivity contribution in [3.63, 3.8) is 0 Å². The summed E-state index contributed by atoms with van der Waals surface area (Å²) in [6.07, 6.45) is 0.162. The molecule has 1 saturated heterocycles. The Morgan fingerprint density at radius 2 is 2.00 bits per heavy atom. The lowest BCUT2D eigenvalue weighted by Crippen LogP contribution is -2.28. The van der Waals surface area contributed by atoms with Crippen molar-refractivity contribution in [1.29, 1.82) is 0 Å². The second-order valence-corrected chi connectivity index (χ2v) is 7.42. The number of amides is 2. The summed E-state index contributed by atoms with van der Waals surface area (Å²) < 4.78 is 5.82. The number of nitrogens with zero attached hydrogens (tertiary/aromatic N) is 1. The lowest BCUT2D eigenvalue weighted by molar-refractivity contribution is -0.122. The normalized spacial score (nSPS) is 16.7. The Labute approximate surface area is 164 Å². The number of carbonyl (C=O) groups excluding carboxylic acids is 2. The third-order valence-electron chi connectivity index (χ3n) is 4.47. The Morgan fingerprint density at radius 3 is 2.74 bits per heavy atom. The van der Waals surface area contributed by atoms with E-state index in [0.717, 1.165) is 5.56 Å². The van der Waals surface area contributed by atoms with E-state index < -0.39 is 5.92 Å². The highest BCUT2D eigenvalue weighted by Crippen LogP contribution is 2.34. The van der Waals surface area contributed by atoms with Gasteiger partial charge in [0.1, 0.15) is 5.75 Å². The molecule has 1 aliphatic rings. The van der Waals surface area contributed by atoms with Gasteiger partial charge in [0.25, 0.3) is 0 Å². The molecule has 2 aromatic rings. The predicted molar refractivity (Wildman–Crippen MR) is 107 cm³/mol. The first-order chi connectivity index (χ1) is 12.8. The van der Waals surface area contributed by atoms with Crippen molar-refractivity contribution in [3.05, 3.63) is 53.1 Å². The summed E-state index contributed by atoms with van der Waals surface area (Å²) >= 11 is 6.02. The van der Waals surface area contributed by atoms with Crippen LogP contribution in [0.15, 0.2) is 42.5 Å². The molecule has 0 aromatic heterocycles. The van der Waals surface area contributed by atoms with Gasteiger partial charge in [-0.2, -0.15) is 0 Å². The lowest BCUT2D eigenvalue weighted by atomic mass is 10.1. The fourth-order valence-electron chi connectivity index (χ4n) is 3.11. The average Bonchev–Trinajstić information content (AvgIpc) is 3.00. The first-order valence-electron chi connectivity index (χ1n) is 8.98. The van der Waals surface area contributed by atoms with Gasteiger partial charge < -0.3 is 15.0 Å². The van der Waals surface area contributed by atoms with Crippen LogP contribution < -0.4 is 15.0 Å². The highest BCUT2D eigenvalue weighted by Gasteiger charge is 2.36. The molecule has 1 unspecified atom stereocenters. The van der Waals surface area contributed by atoms with Crippen molar-refractivity contribution in [1.82, 2.24) is 0 Å². The van der Waals surface area contributed by atoms with Crippen LogP contribution in [0.25, 0.3) is 0 Å². The SMILES string of the molecule is Cc1ccc(Cl)cc1NC(=O)C1CC(=O)N(c2ccccc2OC(C)C)C1. The van der Waals surface area contributed by atoms with E-state index in [2.05, 4.69) is 5.32 Å². The highest BCUT2D eigenvalue weighted by molar-refractivity contribution is 6.31. The third kappa shape index (κ3) is 4.42. The molecule has 5 nitrogen and oxygen atoms in total. The van der Waals surface area contributed by atoms with E-state index in [1.54, 1.807) is 17.0 Å². The Bertz CT molecular complexity index is 866. The van der Waals surface area contributed by atoms with Gasteiger partial charge in [0.2, 0.25) is 11.8 Å². The molecule has 1 N–H and O–H groups in total. The van der Waals surface area contributed by atoms with Crippen LogP contribution in [0.3, 0.4) is 0 Å². The van der Waals surface area contributed by atoms with Crippen LogP contribution in [0, 0.1) is 12.8 Å². The number of rotatable bonds is 5. The molecule has 27 heavy (non-hydrogen) atoms. The number of carbonyl (C=O) groups is 2. The van der Waals surface area contributed by atoms with E-state index >= 15 is 0 Å². The first kappa shape index (κ1) is 19.2. The monoisotopic (exact) mass is 386 g/mol. The molecule has 0 bridgehead atoms. The molecule has 142 valence electrons. The van der Waals surface area contributed by atoms with E-state index in [0.29, 0.717) is 28.7 Å². The quantitative estimate of drug-likeness (QED) is 0.827. The molecule has 1 fully saturated rings. The molecule has 0 radical (unpaired) electrons. The zero-order valence-electron chi connectivity index (χ0n) is 15.7. The van der Waals surface area contributed by atoms with Crippen molar-refractivity contribution in [2.75, 3.05) is 16.8 Å². The maximum Gasteiger partial charge on any atom is 0.229 e. The maximum absolute atomic E-state index is 12.7. The van der Waals surface area contributed by atoms with Crippen LogP contribution in [-0.2, 0) is 9.59 Å². The zero-order chi connectivity index (χ0) is 19.6. The van der Waals surface area contributed by atoms with Crippen LogP contribution in [0.2, 0.25) is 5.02 Å². The van der Waals surface area contributed by atoms with Gasteiger partial charge in [0.15, 0.2) is 0 Å². The number of para-hydroxylation sites is 2. The largest absolute Gasteiger partial charge is 0.489 e. The summed E-state index contributed by atoms with van der Waals surface area (Å²) in [6, 6.07) is 12.8. The molecular formula is C21H23ClN2O3. The minimum Gasteiger partial charge on any atom is -0.489 e. The molecule has 2 aromatic carbocycles. The standard InChI is InChI=1S/C21H23ClN2O3/c1-13(2)27-19-7-5-4-6-18(19)24-12-15(10-20(24)25)21(26)23-17-11-16(22)9-8-14(17)3/h4-9,11,13,15H,10,12H2,1-3H3,(H,23,26). The van der Waals surface area contributed by atoms with E-state index in [-0.39, 0.29) is 24.3 Å². The fourth-order valence-corrected chi connectivity index (χ4v) is 3.29. The van der Waals surface area contributed by atoms with Crippen LogP contribution in [-0.4, -0.2) is 24.5 Å². The minimum atomic E-state index is -0.428. The lowest BCUT2D eigenvalue weighted by Gasteiger charge is -2.21. The van der Waals surface area contributed by atoms with E-state index in [4.69, 9.17) is 16.3 Å². The molecule has 0 aliphatic carbocycles. The smallest absolute Gasteiger partial charge is 0.229 e. The summed E-state index contributed by atoms with van der Waals surface area (Å²) in [5.41, 5.74) is 2.29. The van der Waals surface area contributed by atoms with Gasteiger partial charge in [0.05, 0.1) is 17.7 Å². The van der Waals surface area contributed by atoms with Crippen molar-refractivity contribution >= 4 is 34.8 Å². The second kappa shape index (κ2) is 8.01. The molecule has 0 saturated carbocycles. The predicted octanol–water partition coefficient (Wildman–Crippen LogP) is 4.43. The summed E-state index contributed by atoms with van der Waals surface area (Å²) in [5, 5.41) is 3.45. The average molecular weight is 387 g/mol. The highest BCUT2D eigenvalue weighted by atomic mass is 35.5. The first-order valence-corrected chi connectivity index (χ1v) is 9.36. The number of nitrogens with one attached hydrogen (secondary N) is 1. The number of aryl methyl sites for hydroxylation is 1. The summed E-state index contributed by atoms with van der Waals surface area (Å²) in [5.74, 6) is -0.0492. The fraction of sp³-hybridized carbons (Fsp3) is 0.333. The van der Waals surface area contributed by atoms with Gasteiger partial charge in [-0.25, -0.2) is 0 Å². The zero-order valence-corrected chi connectivity index (χ0v) is 16.4. The Hall–Kier alpha value is -2.53. The van der Waals surface area contributed by atoms with Crippen molar-refractivity contribution in [3.8, 4) is 5.75 Å². The Morgan fingerprint density at radius 1 is 1.26 bits per heavy atom. The number of hydrogen-bond acceptors (Lipinski definition) is 3. The third-order valence-corrected chi connectivity index (χ3v) is 4.71. The van der Waals surface area contributed by atoms with Gasteiger partial charge in [-0.1, -0.05) is 29.8 Å². The number of ether oxygens (including phenoxy) is 1.